The number of aliphatic hydroxyl groups is 1. The highest BCUT2D eigenvalue weighted by atomic mass is 16.3. The van der Waals surface area contributed by atoms with Gasteiger partial charge in [-0.15, -0.1) is 0 Å². The lowest BCUT2D eigenvalue weighted by Gasteiger charge is -2.07. The Labute approximate surface area is 173 Å². The second kappa shape index (κ2) is 14.5. The van der Waals surface area contributed by atoms with Crippen LogP contribution < -0.4 is 0 Å². The lowest BCUT2D eigenvalue weighted by atomic mass is 10.0. The molecule has 4 N–H and O–H groups in total. The van der Waals surface area contributed by atoms with E-state index in [-0.39, 0.29) is 23.5 Å². The van der Waals surface area contributed by atoms with Crippen molar-refractivity contribution in [3.8, 4) is 17.2 Å². The van der Waals surface area contributed by atoms with Crippen LogP contribution in [-0.2, 0) is 0 Å². The summed E-state index contributed by atoms with van der Waals surface area (Å²) in [5.41, 5.74) is -0.146. The molecule has 0 aliphatic carbocycles. The minimum atomic E-state index is -0.506. The Hall–Kier alpha value is -2.53. The number of hydrogen-bond donors (Lipinski definition) is 4. The Morgan fingerprint density at radius 1 is 0.931 bits per heavy atom. The van der Waals surface area contributed by atoms with Crippen LogP contribution in [0, 0.1) is 0 Å². The van der Waals surface area contributed by atoms with Gasteiger partial charge >= 0.3 is 0 Å². The van der Waals surface area contributed by atoms with Crippen molar-refractivity contribution in [2.75, 3.05) is 0 Å². The van der Waals surface area contributed by atoms with Gasteiger partial charge in [-0.3, -0.25) is 4.79 Å². The van der Waals surface area contributed by atoms with Crippen molar-refractivity contribution in [3.05, 3.63) is 54.2 Å². The molecule has 0 aromatic heterocycles. The van der Waals surface area contributed by atoms with Crippen molar-refractivity contribution in [1.82, 2.24) is 0 Å². The quantitative estimate of drug-likeness (QED) is 0.142. The highest BCUT2D eigenvalue weighted by Gasteiger charge is 2.17. The predicted molar refractivity (Wildman–Crippen MR) is 116 cm³/mol. The fourth-order valence-corrected chi connectivity index (χ4v) is 2.87. The van der Waals surface area contributed by atoms with Gasteiger partial charge in [0.1, 0.15) is 22.8 Å². The number of aliphatic hydroxyl groups excluding tert-OH is 1. The summed E-state index contributed by atoms with van der Waals surface area (Å²) in [6.07, 6.45) is 18.8. The number of phenolic OH excluding ortho intramolecular Hbond substituents is 3. The summed E-state index contributed by atoms with van der Waals surface area (Å²) in [7, 11) is 0. The van der Waals surface area contributed by atoms with Crippen LogP contribution in [0.3, 0.4) is 0 Å². The molecule has 5 heteroatoms. The van der Waals surface area contributed by atoms with Gasteiger partial charge in [0.05, 0.1) is 6.10 Å². The molecule has 0 aliphatic heterocycles. The van der Waals surface area contributed by atoms with Crippen LogP contribution in [0.25, 0.3) is 0 Å². The smallest absolute Gasteiger partial charge is 0.170 e. The summed E-state index contributed by atoms with van der Waals surface area (Å²) in [5.74, 6) is -1.47. The Morgan fingerprint density at radius 2 is 1.59 bits per heavy atom. The van der Waals surface area contributed by atoms with Crippen molar-refractivity contribution in [3.63, 3.8) is 0 Å². The molecule has 0 saturated carbocycles. The highest BCUT2D eigenvalue weighted by molar-refractivity contribution is 6.01. The number of ketones is 1. The Bertz CT molecular complexity index is 680. The summed E-state index contributed by atoms with van der Waals surface area (Å²) in [4.78, 5) is 12.1. The van der Waals surface area contributed by atoms with Gasteiger partial charge in [-0.1, -0.05) is 56.2 Å². The third-order valence-electron chi connectivity index (χ3n) is 4.48. The standard InChI is InChI=1S/C24H34O5/c1-2-3-4-5-6-8-11-14-19(25)15-12-9-7-10-13-16-21(27)24-22(28)17-20(26)18-23(24)29/h6,8-9,11-12,14,17-19,25-26,28-29H,2-5,7,10,13,15-16H2,1H3. The number of hydrogen-bond acceptors (Lipinski definition) is 5. The number of benzene rings is 1. The van der Waals surface area contributed by atoms with E-state index in [1.807, 2.05) is 24.3 Å². The van der Waals surface area contributed by atoms with Crippen LogP contribution in [0.15, 0.2) is 48.6 Å². The first-order valence-corrected chi connectivity index (χ1v) is 10.4. The lowest BCUT2D eigenvalue weighted by molar-refractivity contribution is 0.0974. The average Bonchev–Trinajstić information content (AvgIpc) is 2.65. The van der Waals surface area contributed by atoms with E-state index in [4.69, 9.17) is 0 Å². The minimum absolute atomic E-state index is 0.146. The largest absolute Gasteiger partial charge is 0.508 e. The van der Waals surface area contributed by atoms with E-state index in [0.717, 1.165) is 31.4 Å². The summed E-state index contributed by atoms with van der Waals surface area (Å²) in [6.45, 7) is 2.18. The van der Waals surface area contributed by atoms with Crippen LogP contribution in [-0.4, -0.2) is 32.3 Å². The number of Topliss-reactive ketones (excluding diaryl/α,β-unsaturated/α-hetero) is 1. The molecule has 160 valence electrons. The van der Waals surface area contributed by atoms with Crippen LogP contribution >= 0.6 is 0 Å². The van der Waals surface area contributed by atoms with Gasteiger partial charge in [0.15, 0.2) is 5.78 Å². The van der Waals surface area contributed by atoms with Gasteiger partial charge < -0.3 is 20.4 Å². The van der Waals surface area contributed by atoms with Gasteiger partial charge in [0.2, 0.25) is 0 Å². The molecule has 1 atom stereocenters. The van der Waals surface area contributed by atoms with E-state index in [1.54, 1.807) is 6.08 Å². The highest BCUT2D eigenvalue weighted by Crippen LogP contribution is 2.33. The monoisotopic (exact) mass is 402 g/mol. The second-order valence-electron chi connectivity index (χ2n) is 7.11. The Kier molecular flexibility index (Phi) is 12.2. The van der Waals surface area contributed by atoms with E-state index in [9.17, 15) is 25.2 Å². The maximum Gasteiger partial charge on any atom is 0.170 e. The number of allylic oxidation sites excluding steroid dienone is 4. The molecule has 0 radical (unpaired) electrons. The van der Waals surface area contributed by atoms with Gasteiger partial charge in [0.25, 0.3) is 0 Å². The van der Waals surface area contributed by atoms with E-state index < -0.39 is 17.6 Å². The topological polar surface area (TPSA) is 98.0 Å². The summed E-state index contributed by atoms with van der Waals surface area (Å²) >= 11 is 0. The Balaban J connectivity index is 2.20. The third-order valence-corrected chi connectivity index (χ3v) is 4.48. The summed E-state index contributed by atoms with van der Waals surface area (Å²) in [5, 5.41) is 38.6. The maximum absolute atomic E-state index is 12.1. The second-order valence-corrected chi connectivity index (χ2v) is 7.11. The fourth-order valence-electron chi connectivity index (χ4n) is 2.87. The molecule has 0 bridgehead atoms. The zero-order valence-corrected chi connectivity index (χ0v) is 17.3. The first-order chi connectivity index (χ1) is 14.0. The molecule has 0 aliphatic rings. The predicted octanol–water partition coefficient (Wildman–Crippen LogP) is 5.55. The van der Waals surface area contributed by atoms with Crippen LogP contribution in [0.1, 0.15) is 75.1 Å². The number of carbonyl (C=O) groups is 1. The van der Waals surface area contributed by atoms with Gasteiger partial charge in [0, 0.05) is 18.6 Å². The van der Waals surface area contributed by atoms with Crippen LogP contribution in [0.5, 0.6) is 17.2 Å². The number of phenols is 3. The molecular formula is C24H34O5. The van der Waals surface area contributed by atoms with Gasteiger partial charge in [-0.25, -0.2) is 0 Å². The molecule has 5 nitrogen and oxygen atoms in total. The molecule has 0 amide bonds. The zero-order valence-electron chi connectivity index (χ0n) is 17.3. The van der Waals surface area contributed by atoms with E-state index in [2.05, 4.69) is 13.0 Å². The average molecular weight is 403 g/mol. The molecule has 0 fully saturated rings. The van der Waals surface area contributed by atoms with Gasteiger partial charge in [-0.05, 0) is 38.5 Å². The normalized spacial score (nSPS) is 13.0. The molecule has 1 aromatic carbocycles. The minimum Gasteiger partial charge on any atom is -0.508 e. The third kappa shape index (κ3) is 10.5. The number of aromatic hydroxyl groups is 3. The molecular weight excluding hydrogens is 368 g/mol. The SMILES string of the molecule is CCCCCC=CC=CC(O)CC=CCCCCC(=O)c1c(O)cc(O)cc1O. The first kappa shape index (κ1) is 24.5. The van der Waals surface area contributed by atoms with Crippen LogP contribution in [0.4, 0.5) is 0 Å². The zero-order chi connectivity index (χ0) is 21.5. The molecule has 1 aromatic rings. The molecule has 0 heterocycles. The summed E-state index contributed by atoms with van der Waals surface area (Å²) in [6, 6.07) is 2.08. The molecule has 1 unspecified atom stereocenters. The van der Waals surface area contributed by atoms with Crippen molar-refractivity contribution in [2.24, 2.45) is 0 Å². The van der Waals surface area contributed by atoms with E-state index in [1.165, 1.54) is 19.3 Å². The van der Waals surface area contributed by atoms with Crippen LogP contribution in [0.2, 0.25) is 0 Å². The fraction of sp³-hybridized carbons (Fsp3) is 0.458. The number of carbonyl (C=O) groups excluding carboxylic acids is 1. The van der Waals surface area contributed by atoms with Crippen molar-refractivity contribution >= 4 is 5.78 Å². The van der Waals surface area contributed by atoms with Crippen molar-refractivity contribution in [2.45, 2.75) is 70.8 Å². The van der Waals surface area contributed by atoms with E-state index in [0.29, 0.717) is 12.8 Å². The van der Waals surface area contributed by atoms with Crippen molar-refractivity contribution < 1.29 is 25.2 Å². The molecule has 29 heavy (non-hydrogen) atoms. The lowest BCUT2D eigenvalue weighted by Crippen LogP contribution is -2.00. The molecule has 1 rings (SSSR count). The number of rotatable bonds is 14. The van der Waals surface area contributed by atoms with Gasteiger partial charge in [-0.2, -0.15) is 0 Å². The maximum atomic E-state index is 12.1. The molecule has 0 spiro atoms. The van der Waals surface area contributed by atoms with Crippen molar-refractivity contribution in [1.29, 1.82) is 0 Å². The first-order valence-electron chi connectivity index (χ1n) is 10.4. The Morgan fingerprint density at radius 3 is 2.28 bits per heavy atom. The van der Waals surface area contributed by atoms with E-state index >= 15 is 0 Å². The number of unbranched alkanes of at least 4 members (excludes halogenated alkanes) is 5. The molecule has 0 saturated heterocycles. The summed E-state index contributed by atoms with van der Waals surface area (Å²) < 4.78 is 0.